The van der Waals surface area contributed by atoms with Crippen molar-refractivity contribution in [1.29, 1.82) is 0 Å². The number of fused-ring (bicyclic) bond motifs is 3. The van der Waals surface area contributed by atoms with Crippen LogP contribution in [0.1, 0.15) is 42.7 Å². The van der Waals surface area contributed by atoms with E-state index in [9.17, 15) is 9.59 Å². The van der Waals surface area contributed by atoms with Crippen LogP contribution in [0.5, 0.6) is 0 Å². The van der Waals surface area contributed by atoms with Crippen molar-refractivity contribution >= 4 is 12.0 Å². The zero-order valence-electron chi connectivity index (χ0n) is 13.0. The van der Waals surface area contributed by atoms with Gasteiger partial charge in [0.15, 0.2) is 0 Å². The van der Waals surface area contributed by atoms with Gasteiger partial charge in [-0.1, -0.05) is 24.3 Å². The highest BCUT2D eigenvalue weighted by atomic mass is 16.4. The van der Waals surface area contributed by atoms with E-state index in [0.29, 0.717) is 24.7 Å². The van der Waals surface area contributed by atoms with Gasteiger partial charge in [-0.05, 0) is 49.1 Å². The molecule has 0 bridgehead atoms. The molecule has 3 aliphatic carbocycles. The molecule has 5 heteroatoms. The number of carboxylic acids is 1. The smallest absolute Gasteiger partial charge is 0.315 e. The van der Waals surface area contributed by atoms with Crippen LogP contribution in [0, 0.1) is 11.8 Å². The van der Waals surface area contributed by atoms with Gasteiger partial charge in [-0.2, -0.15) is 0 Å². The summed E-state index contributed by atoms with van der Waals surface area (Å²) in [4.78, 5) is 23.1. The summed E-state index contributed by atoms with van der Waals surface area (Å²) in [5, 5.41) is 15.1. The summed E-state index contributed by atoms with van der Waals surface area (Å²) >= 11 is 0. The van der Waals surface area contributed by atoms with E-state index >= 15 is 0 Å². The van der Waals surface area contributed by atoms with E-state index in [0.717, 1.165) is 19.3 Å². The van der Waals surface area contributed by atoms with Crippen molar-refractivity contribution in [2.75, 3.05) is 0 Å². The molecule has 122 valence electrons. The molecule has 2 fully saturated rings. The number of carbonyl (C=O) groups is 2. The lowest BCUT2D eigenvalue weighted by Crippen LogP contribution is -2.45. The average molecular weight is 314 g/mol. The fraction of sp³-hybridized carbons (Fsp3) is 0.556. The fourth-order valence-corrected chi connectivity index (χ4v) is 4.41. The molecule has 3 atom stereocenters. The first-order valence-corrected chi connectivity index (χ1v) is 8.51. The minimum atomic E-state index is -0.711. The summed E-state index contributed by atoms with van der Waals surface area (Å²) in [5.74, 6) is 0.0911. The molecule has 3 unspecified atom stereocenters. The van der Waals surface area contributed by atoms with Crippen LogP contribution in [-0.4, -0.2) is 29.2 Å². The number of amides is 2. The van der Waals surface area contributed by atoms with Gasteiger partial charge in [-0.25, -0.2) is 4.79 Å². The summed E-state index contributed by atoms with van der Waals surface area (Å²) < 4.78 is 0. The predicted molar refractivity (Wildman–Crippen MR) is 85.2 cm³/mol. The van der Waals surface area contributed by atoms with Crippen molar-refractivity contribution in [3.63, 3.8) is 0 Å². The summed E-state index contributed by atoms with van der Waals surface area (Å²) in [6, 6.07) is 8.77. The molecule has 4 rings (SSSR count). The Kier molecular flexibility index (Phi) is 3.51. The van der Waals surface area contributed by atoms with E-state index in [2.05, 4.69) is 34.9 Å². The average Bonchev–Trinajstić information content (AvgIpc) is 3.05. The van der Waals surface area contributed by atoms with E-state index in [-0.39, 0.29) is 24.0 Å². The third kappa shape index (κ3) is 2.69. The molecule has 3 aliphatic rings. The Hall–Kier alpha value is -2.04. The maximum Gasteiger partial charge on any atom is 0.315 e. The largest absolute Gasteiger partial charge is 0.481 e. The maximum atomic E-state index is 12.2. The summed E-state index contributed by atoms with van der Waals surface area (Å²) in [5.41, 5.74) is 2.82. The molecule has 1 aromatic rings. The number of rotatable bonds is 3. The first-order chi connectivity index (χ1) is 11.1. The van der Waals surface area contributed by atoms with Gasteiger partial charge in [-0.3, -0.25) is 4.79 Å². The molecule has 3 N–H and O–H groups in total. The number of urea groups is 1. The highest BCUT2D eigenvalue weighted by Crippen LogP contribution is 2.56. The van der Waals surface area contributed by atoms with Gasteiger partial charge in [-0.15, -0.1) is 0 Å². The molecule has 2 amide bonds. The lowest BCUT2D eigenvalue weighted by molar-refractivity contribution is -0.142. The van der Waals surface area contributed by atoms with Crippen molar-refractivity contribution in [1.82, 2.24) is 10.6 Å². The maximum absolute atomic E-state index is 12.2. The Balaban J connectivity index is 1.26. The third-order valence-corrected chi connectivity index (χ3v) is 5.75. The normalized spacial score (nSPS) is 34.2. The number of nitrogens with one attached hydrogen (secondary N) is 2. The second-order valence-electron chi connectivity index (χ2n) is 7.12. The van der Waals surface area contributed by atoms with E-state index < -0.39 is 5.97 Å². The topological polar surface area (TPSA) is 78.4 Å². The van der Waals surface area contributed by atoms with Gasteiger partial charge in [0, 0.05) is 18.0 Å². The second kappa shape index (κ2) is 5.55. The number of carboxylic acid groups (broad SMARTS) is 1. The van der Waals surface area contributed by atoms with Crippen LogP contribution in [0.4, 0.5) is 4.79 Å². The van der Waals surface area contributed by atoms with Crippen molar-refractivity contribution in [3.05, 3.63) is 35.4 Å². The Bertz CT molecular complexity index is 637. The van der Waals surface area contributed by atoms with Gasteiger partial charge < -0.3 is 15.7 Å². The molecule has 1 aromatic carbocycles. The summed E-state index contributed by atoms with van der Waals surface area (Å²) in [6.07, 6.45) is 3.88. The minimum Gasteiger partial charge on any atom is -0.481 e. The van der Waals surface area contributed by atoms with Crippen molar-refractivity contribution in [2.45, 2.75) is 50.1 Å². The Labute approximate surface area is 135 Å². The van der Waals surface area contributed by atoms with Gasteiger partial charge in [0.05, 0.1) is 5.92 Å². The predicted octanol–water partition coefficient (Wildman–Crippen LogP) is 2.27. The number of hydrogen-bond acceptors (Lipinski definition) is 2. The first-order valence-electron chi connectivity index (χ1n) is 8.51. The van der Waals surface area contributed by atoms with E-state index in [1.807, 2.05) is 0 Å². The van der Waals surface area contributed by atoms with Crippen molar-refractivity contribution < 1.29 is 14.7 Å². The van der Waals surface area contributed by atoms with Crippen LogP contribution in [0.15, 0.2) is 24.3 Å². The van der Waals surface area contributed by atoms with Crippen LogP contribution in [-0.2, 0) is 11.2 Å². The van der Waals surface area contributed by atoms with Crippen LogP contribution >= 0.6 is 0 Å². The van der Waals surface area contributed by atoms with E-state index in [4.69, 9.17) is 5.11 Å². The van der Waals surface area contributed by atoms with Gasteiger partial charge in [0.1, 0.15) is 0 Å². The number of hydrogen-bond donors (Lipinski definition) is 3. The zero-order chi connectivity index (χ0) is 16.0. The second-order valence-corrected chi connectivity index (χ2v) is 7.12. The highest BCUT2D eigenvalue weighted by Gasteiger charge is 2.56. The third-order valence-electron chi connectivity index (χ3n) is 5.75. The van der Waals surface area contributed by atoms with Crippen LogP contribution < -0.4 is 10.6 Å². The minimum absolute atomic E-state index is 0.0966. The SMILES string of the molecule is O=C(NC1CCC(C(=O)O)CC1)NC1C2Cc3ccccc3C21. The Morgan fingerprint density at radius 1 is 1.04 bits per heavy atom. The van der Waals surface area contributed by atoms with Crippen molar-refractivity contribution in [3.8, 4) is 0 Å². The summed E-state index contributed by atoms with van der Waals surface area (Å²) in [7, 11) is 0. The van der Waals surface area contributed by atoms with Crippen LogP contribution in [0.2, 0.25) is 0 Å². The van der Waals surface area contributed by atoms with E-state index in [1.54, 1.807) is 0 Å². The first kappa shape index (κ1) is 14.5. The Morgan fingerprint density at radius 3 is 2.52 bits per heavy atom. The monoisotopic (exact) mass is 314 g/mol. The molecule has 0 spiro atoms. The molecular weight excluding hydrogens is 292 g/mol. The molecular formula is C18H22N2O3. The van der Waals surface area contributed by atoms with Crippen LogP contribution in [0.3, 0.4) is 0 Å². The number of carbonyl (C=O) groups excluding carboxylic acids is 1. The zero-order valence-corrected chi connectivity index (χ0v) is 13.0. The fourth-order valence-electron chi connectivity index (χ4n) is 4.41. The molecule has 0 aromatic heterocycles. The van der Waals surface area contributed by atoms with Gasteiger partial charge in [0.2, 0.25) is 0 Å². The summed E-state index contributed by atoms with van der Waals surface area (Å²) in [6.45, 7) is 0. The molecule has 0 aliphatic heterocycles. The molecule has 0 saturated heterocycles. The van der Waals surface area contributed by atoms with E-state index in [1.165, 1.54) is 11.1 Å². The molecule has 2 saturated carbocycles. The Morgan fingerprint density at radius 2 is 1.78 bits per heavy atom. The standard InChI is InChI=1S/C18H22N2O3/c21-17(22)10-5-7-12(8-6-10)19-18(23)20-16-14-9-11-3-1-2-4-13(11)15(14)16/h1-4,10,12,14-16H,5-9H2,(H,21,22)(H2,19,20,23). The molecule has 23 heavy (non-hydrogen) atoms. The lowest BCUT2D eigenvalue weighted by Gasteiger charge is -2.27. The highest BCUT2D eigenvalue weighted by molar-refractivity contribution is 5.76. The molecule has 5 nitrogen and oxygen atoms in total. The van der Waals surface area contributed by atoms with Crippen molar-refractivity contribution in [2.24, 2.45) is 11.8 Å². The van der Waals surface area contributed by atoms with Gasteiger partial charge in [0.25, 0.3) is 0 Å². The van der Waals surface area contributed by atoms with Crippen LogP contribution in [0.25, 0.3) is 0 Å². The lowest BCUT2D eigenvalue weighted by atomic mass is 9.86. The number of benzene rings is 1. The molecule has 0 radical (unpaired) electrons. The quantitative estimate of drug-likeness (QED) is 0.801. The molecule has 0 heterocycles. The number of aliphatic carboxylic acids is 1. The van der Waals surface area contributed by atoms with Gasteiger partial charge >= 0.3 is 12.0 Å².